The minimum atomic E-state index is -3.80. The summed E-state index contributed by atoms with van der Waals surface area (Å²) in [6.45, 7) is 5.13. The molecule has 2 rings (SSSR count). The molecule has 0 radical (unpaired) electrons. The van der Waals surface area contributed by atoms with Crippen LogP contribution in [0.2, 0.25) is 0 Å². The zero-order valence-electron chi connectivity index (χ0n) is 12.5. The van der Waals surface area contributed by atoms with E-state index in [1.165, 1.54) is 24.4 Å². The first-order valence-corrected chi connectivity index (χ1v) is 9.47. The van der Waals surface area contributed by atoms with Crippen molar-refractivity contribution in [2.24, 2.45) is 0 Å². The molecule has 6 nitrogen and oxygen atoms in total. The van der Waals surface area contributed by atoms with E-state index in [-0.39, 0.29) is 9.79 Å². The van der Waals surface area contributed by atoms with Gasteiger partial charge in [0.2, 0.25) is 10.0 Å². The molecular formula is C14H18N2O4S2. The molecule has 0 aliphatic heterocycles. The van der Waals surface area contributed by atoms with E-state index in [0.717, 1.165) is 10.2 Å². The number of sulfonamides is 1. The third-order valence-electron chi connectivity index (χ3n) is 2.71. The monoisotopic (exact) mass is 342 g/mol. The lowest BCUT2D eigenvalue weighted by molar-refractivity contribution is 0.491. The van der Waals surface area contributed by atoms with Gasteiger partial charge in [-0.3, -0.25) is 0 Å². The van der Waals surface area contributed by atoms with Gasteiger partial charge in [-0.2, -0.15) is 0 Å². The van der Waals surface area contributed by atoms with Gasteiger partial charge < -0.3 is 0 Å². The van der Waals surface area contributed by atoms with Gasteiger partial charge in [0.05, 0.1) is 4.90 Å². The van der Waals surface area contributed by atoms with Crippen molar-refractivity contribution in [2.45, 2.75) is 36.1 Å². The summed E-state index contributed by atoms with van der Waals surface area (Å²) in [4.78, 5) is 0.000240. The van der Waals surface area contributed by atoms with E-state index >= 15 is 0 Å². The highest BCUT2D eigenvalue weighted by Gasteiger charge is 2.25. The van der Waals surface area contributed by atoms with Crippen molar-refractivity contribution >= 4 is 20.0 Å². The summed E-state index contributed by atoms with van der Waals surface area (Å²) in [5.41, 5.74) is -0.654. The zero-order valence-corrected chi connectivity index (χ0v) is 14.1. The van der Waals surface area contributed by atoms with Crippen molar-refractivity contribution in [3.05, 3.63) is 48.8 Å². The molecule has 8 heteroatoms. The van der Waals surface area contributed by atoms with Crippen LogP contribution in [0.5, 0.6) is 0 Å². The lowest BCUT2D eigenvalue weighted by Gasteiger charge is -2.19. The fourth-order valence-electron chi connectivity index (χ4n) is 1.84. The van der Waals surface area contributed by atoms with Crippen molar-refractivity contribution in [1.29, 1.82) is 0 Å². The van der Waals surface area contributed by atoms with Gasteiger partial charge in [0.15, 0.2) is 0 Å². The molecule has 120 valence electrons. The maximum atomic E-state index is 12.4. The van der Waals surface area contributed by atoms with Crippen LogP contribution < -0.4 is 4.72 Å². The van der Waals surface area contributed by atoms with E-state index in [2.05, 4.69) is 4.72 Å². The Morgan fingerprint density at radius 3 is 2.05 bits per heavy atom. The Hall–Kier alpha value is -1.64. The number of hydrogen-bond acceptors (Lipinski definition) is 4. The van der Waals surface area contributed by atoms with E-state index in [4.69, 9.17) is 0 Å². The van der Waals surface area contributed by atoms with Gasteiger partial charge in [0.1, 0.15) is 4.90 Å². The third kappa shape index (κ3) is 3.57. The quantitative estimate of drug-likeness (QED) is 0.918. The van der Waals surface area contributed by atoms with Gasteiger partial charge in [-0.1, -0.05) is 18.2 Å². The fourth-order valence-corrected chi connectivity index (χ4v) is 4.54. The second-order valence-corrected chi connectivity index (χ2v) is 9.38. The number of rotatable bonds is 4. The zero-order chi connectivity index (χ0) is 16.6. The highest BCUT2D eigenvalue weighted by atomic mass is 32.2. The number of benzene rings is 1. The molecule has 0 spiro atoms. The van der Waals surface area contributed by atoms with Crippen LogP contribution in [0.3, 0.4) is 0 Å². The Labute approximate surface area is 130 Å². The van der Waals surface area contributed by atoms with Gasteiger partial charge in [-0.15, -0.1) is 0 Å². The number of nitrogens with zero attached hydrogens (tertiary/aromatic N) is 1. The molecule has 0 saturated heterocycles. The van der Waals surface area contributed by atoms with Crippen molar-refractivity contribution in [1.82, 2.24) is 8.69 Å². The highest BCUT2D eigenvalue weighted by molar-refractivity contribution is 7.90. The van der Waals surface area contributed by atoms with Crippen LogP contribution in [0.15, 0.2) is 58.6 Å². The largest absolute Gasteiger partial charge is 0.267 e. The lowest BCUT2D eigenvalue weighted by Crippen LogP contribution is -2.40. The summed E-state index contributed by atoms with van der Waals surface area (Å²) >= 11 is 0. The second kappa shape index (κ2) is 5.53. The molecule has 0 atom stereocenters. The van der Waals surface area contributed by atoms with Gasteiger partial charge in [-0.25, -0.2) is 25.5 Å². The molecule has 0 aliphatic rings. The first kappa shape index (κ1) is 16.7. The molecule has 0 fully saturated rings. The Balaban J connectivity index is 2.41. The van der Waals surface area contributed by atoms with E-state index in [9.17, 15) is 16.8 Å². The molecule has 1 aromatic carbocycles. The molecule has 0 saturated carbocycles. The van der Waals surface area contributed by atoms with Crippen LogP contribution in [-0.2, 0) is 20.0 Å². The predicted molar refractivity (Wildman–Crippen MR) is 83.5 cm³/mol. The smallest absolute Gasteiger partial charge is 0.248 e. The average Bonchev–Trinajstić information content (AvgIpc) is 2.88. The van der Waals surface area contributed by atoms with Crippen molar-refractivity contribution in [3.8, 4) is 0 Å². The van der Waals surface area contributed by atoms with Gasteiger partial charge in [-0.05, 0) is 39.0 Å². The lowest BCUT2D eigenvalue weighted by atomic mass is 10.1. The SMILES string of the molecule is CC(C)(C)NS(=O)(=O)c1ccn(S(=O)(=O)c2ccccc2)c1. The normalized spacial score (nSPS) is 13.2. The highest BCUT2D eigenvalue weighted by Crippen LogP contribution is 2.18. The molecule has 2 aromatic rings. The van der Waals surface area contributed by atoms with Crippen LogP contribution in [0.25, 0.3) is 0 Å². The summed E-state index contributed by atoms with van der Waals surface area (Å²) < 4.78 is 52.6. The van der Waals surface area contributed by atoms with Gasteiger partial charge in [0, 0.05) is 17.9 Å². The number of nitrogens with one attached hydrogen (secondary N) is 1. The summed E-state index contributed by atoms with van der Waals surface area (Å²) in [6.07, 6.45) is 2.32. The number of hydrogen-bond donors (Lipinski definition) is 1. The summed E-state index contributed by atoms with van der Waals surface area (Å²) in [7, 11) is -7.57. The third-order valence-corrected chi connectivity index (χ3v) is 6.10. The molecule has 1 N–H and O–H groups in total. The summed E-state index contributed by atoms with van der Waals surface area (Å²) in [5, 5.41) is 0. The Morgan fingerprint density at radius 2 is 1.50 bits per heavy atom. The maximum Gasteiger partial charge on any atom is 0.267 e. The van der Waals surface area contributed by atoms with Crippen molar-refractivity contribution < 1.29 is 16.8 Å². The Morgan fingerprint density at radius 1 is 0.909 bits per heavy atom. The second-order valence-electron chi connectivity index (χ2n) is 5.85. The molecule has 0 aliphatic carbocycles. The van der Waals surface area contributed by atoms with Crippen LogP contribution in [0.4, 0.5) is 0 Å². The molecular weight excluding hydrogens is 324 g/mol. The molecule has 0 bridgehead atoms. The van der Waals surface area contributed by atoms with Crippen LogP contribution >= 0.6 is 0 Å². The van der Waals surface area contributed by atoms with Crippen molar-refractivity contribution in [2.75, 3.05) is 0 Å². The Bertz CT molecular complexity index is 861. The topological polar surface area (TPSA) is 85.2 Å². The van der Waals surface area contributed by atoms with Crippen molar-refractivity contribution in [3.63, 3.8) is 0 Å². The molecule has 22 heavy (non-hydrogen) atoms. The van der Waals surface area contributed by atoms with E-state index in [1.54, 1.807) is 39.0 Å². The first-order chi connectivity index (χ1) is 10.0. The first-order valence-electron chi connectivity index (χ1n) is 6.55. The molecule has 0 unspecified atom stereocenters. The van der Waals surface area contributed by atoms with Crippen LogP contribution in [0, 0.1) is 0 Å². The average molecular weight is 342 g/mol. The number of aromatic nitrogens is 1. The fraction of sp³-hybridized carbons (Fsp3) is 0.286. The Kier molecular flexibility index (Phi) is 4.20. The van der Waals surface area contributed by atoms with E-state index in [0.29, 0.717) is 0 Å². The minimum absolute atomic E-state index is 0.0954. The van der Waals surface area contributed by atoms with E-state index < -0.39 is 25.6 Å². The molecule has 1 heterocycles. The molecule has 0 amide bonds. The molecule has 1 aromatic heterocycles. The maximum absolute atomic E-state index is 12.4. The van der Waals surface area contributed by atoms with Gasteiger partial charge in [0.25, 0.3) is 10.0 Å². The predicted octanol–water partition coefficient (Wildman–Crippen LogP) is 1.80. The summed E-state index contributed by atoms with van der Waals surface area (Å²) in [5.74, 6) is 0. The summed E-state index contributed by atoms with van der Waals surface area (Å²) in [6, 6.07) is 9.09. The minimum Gasteiger partial charge on any atom is -0.248 e. The van der Waals surface area contributed by atoms with Crippen LogP contribution in [-0.4, -0.2) is 26.3 Å². The van der Waals surface area contributed by atoms with Crippen LogP contribution in [0.1, 0.15) is 20.8 Å². The van der Waals surface area contributed by atoms with E-state index in [1.807, 2.05) is 0 Å². The van der Waals surface area contributed by atoms with Gasteiger partial charge >= 0.3 is 0 Å². The standard InChI is InChI=1S/C14H18N2O4S2/c1-14(2,3)15-21(17,18)13-9-10-16(11-13)22(19,20)12-7-5-4-6-8-12/h4-11,15H,1-3H3.